The molecule has 0 radical (unpaired) electrons. The molecule has 2 aliphatic rings. The van der Waals surface area contributed by atoms with Crippen LogP contribution in [0.3, 0.4) is 0 Å². The van der Waals surface area contributed by atoms with E-state index in [2.05, 4.69) is 33.3 Å². The smallest absolute Gasteiger partial charge is 0.196 e. The highest BCUT2D eigenvalue weighted by molar-refractivity contribution is 6.31. The summed E-state index contributed by atoms with van der Waals surface area (Å²) >= 11 is 6.60. The number of rotatable bonds is 4. The molecule has 2 heterocycles. The van der Waals surface area contributed by atoms with Gasteiger partial charge in [0.25, 0.3) is 0 Å². The molecule has 2 N–H and O–H groups in total. The van der Waals surface area contributed by atoms with Crippen LogP contribution in [0.1, 0.15) is 80.5 Å². The highest BCUT2D eigenvalue weighted by Gasteiger charge is 2.37. The lowest BCUT2D eigenvalue weighted by Gasteiger charge is -2.30. The number of nitrogens with zero attached hydrogens (tertiary/aromatic N) is 2. The molecule has 1 fully saturated rings. The van der Waals surface area contributed by atoms with E-state index in [0.29, 0.717) is 10.9 Å². The van der Waals surface area contributed by atoms with Crippen molar-refractivity contribution in [2.24, 2.45) is 0 Å². The summed E-state index contributed by atoms with van der Waals surface area (Å²) in [7, 11) is 0. The first-order valence-electron chi connectivity index (χ1n) is 9.94. The van der Waals surface area contributed by atoms with Crippen molar-refractivity contribution < 1.29 is 0 Å². The van der Waals surface area contributed by atoms with Crippen LogP contribution in [-0.2, 0) is 0 Å². The number of fused-ring (bicyclic) bond motifs is 1. The van der Waals surface area contributed by atoms with Gasteiger partial charge in [0.2, 0.25) is 0 Å². The highest BCUT2D eigenvalue weighted by atomic mass is 35.5. The molecule has 0 amide bonds. The van der Waals surface area contributed by atoms with Crippen LogP contribution in [-0.4, -0.2) is 10.2 Å². The molecular weight excluding hydrogens is 356 g/mol. The van der Waals surface area contributed by atoms with Gasteiger partial charge < -0.3 is 5.32 Å². The topological polar surface area (TPSA) is 45.1 Å². The van der Waals surface area contributed by atoms with Crippen molar-refractivity contribution in [1.82, 2.24) is 10.2 Å². The van der Waals surface area contributed by atoms with Crippen LogP contribution in [0.25, 0.3) is 4.85 Å². The molecule has 1 aliphatic carbocycles. The maximum Gasteiger partial charge on any atom is 0.196 e. The first-order chi connectivity index (χ1) is 13.2. The average molecular weight is 381 g/mol. The van der Waals surface area contributed by atoms with Gasteiger partial charge in [0.05, 0.1) is 12.5 Å². The number of benzene rings is 1. The molecule has 140 valence electrons. The van der Waals surface area contributed by atoms with Crippen LogP contribution in [0.4, 0.5) is 5.82 Å². The largest absolute Gasteiger partial charge is 0.352 e. The Kier molecular flexibility index (Phi) is 5.22. The second kappa shape index (κ2) is 7.78. The summed E-state index contributed by atoms with van der Waals surface area (Å²) in [6.07, 6.45) is 8.01. The Morgan fingerprint density at radius 3 is 2.70 bits per heavy atom. The average Bonchev–Trinajstić information content (AvgIpc) is 3.12. The van der Waals surface area contributed by atoms with Gasteiger partial charge in [-0.2, -0.15) is 5.10 Å². The lowest BCUT2D eigenvalue weighted by Crippen LogP contribution is -2.19. The first-order valence-corrected chi connectivity index (χ1v) is 10.3. The molecular formula is C22H25ClN4. The van der Waals surface area contributed by atoms with Gasteiger partial charge >= 0.3 is 0 Å². The van der Waals surface area contributed by atoms with Gasteiger partial charge in [-0.1, -0.05) is 62.4 Å². The Bertz CT molecular complexity index is 899. The van der Waals surface area contributed by atoms with Crippen molar-refractivity contribution >= 4 is 17.4 Å². The van der Waals surface area contributed by atoms with E-state index < -0.39 is 0 Å². The van der Waals surface area contributed by atoms with Gasteiger partial charge in [0, 0.05) is 27.9 Å². The minimum atomic E-state index is -0.148. The summed E-state index contributed by atoms with van der Waals surface area (Å²) in [5, 5.41) is 12.1. The maximum absolute atomic E-state index is 7.92. The van der Waals surface area contributed by atoms with Gasteiger partial charge in [-0.3, -0.25) is 5.10 Å². The SMILES string of the molecule is [C-]#[N+]C1=C(CCC)Nc2n[nH]c(C3CCCCC3)c2C1c1ccccc1Cl. The van der Waals surface area contributed by atoms with Gasteiger partial charge in [-0.05, 0) is 30.9 Å². The number of halogens is 1. The molecule has 0 bridgehead atoms. The lowest BCUT2D eigenvalue weighted by atomic mass is 9.79. The van der Waals surface area contributed by atoms with Crippen molar-refractivity contribution in [3.8, 4) is 0 Å². The highest BCUT2D eigenvalue weighted by Crippen LogP contribution is 2.48. The van der Waals surface area contributed by atoms with E-state index in [1.54, 1.807) is 0 Å². The molecule has 4 rings (SSSR count). The molecule has 27 heavy (non-hydrogen) atoms. The molecule has 1 unspecified atom stereocenters. The van der Waals surface area contributed by atoms with E-state index in [1.807, 2.05) is 18.2 Å². The van der Waals surface area contributed by atoms with Crippen molar-refractivity contribution in [2.75, 3.05) is 5.32 Å². The number of nitrogens with one attached hydrogen (secondary N) is 2. The molecule has 1 atom stereocenters. The van der Waals surface area contributed by atoms with Gasteiger partial charge in [-0.25, -0.2) is 4.85 Å². The molecule has 1 aromatic carbocycles. The molecule has 4 nitrogen and oxygen atoms in total. The third-order valence-corrected chi connectivity index (χ3v) is 6.17. The van der Waals surface area contributed by atoms with E-state index >= 15 is 0 Å². The molecule has 1 saturated carbocycles. The molecule has 0 saturated heterocycles. The zero-order valence-electron chi connectivity index (χ0n) is 15.7. The molecule has 1 aliphatic heterocycles. The quantitative estimate of drug-likeness (QED) is 0.587. The maximum atomic E-state index is 7.92. The summed E-state index contributed by atoms with van der Waals surface area (Å²) in [5.41, 5.74) is 5.06. The Labute approximate surface area is 165 Å². The summed E-state index contributed by atoms with van der Waals surface area (Å²) < 4.78 is 0. The van der Waals surface area contributed by atoms with Crippen LogP contribution in [0.2, 0.25) is 5.02 Å². The fraction of sp³-hybridized carbons (Fsp3) is 0.455. The Hall–Kier alpha value is -2.25. The zero-order valence-corrected chi connectivity index (χ0v) is 16.4. The normalized spacial score (nSPS) is 20.1. The van der Waals surface area contributed by atoms with Crippen LogP contribution in [0.15, 0.2) is 35.7 Å². The number of anilines is 1. The lowest BCUT2D eigenvalue weighted by molar-refractivity contribution is 0.434. The minimum absolute atomic E-state index is 0.148. The number of aromatic nitrogens is 2. The number of hydrogen-bond acceptors (Lipinski definition) is 2. The Morgan fingerprint density at radius 1 is 1.22 bits per heavy atom. The standard InChI is InChI=1S/C22H25ClN4/c1-3-9-17-21(24-2)18(15-12-7-8-13-16(15)23)19-20(26-27-22(19)25-17)14-10-5-4-6-11-14/h7-8,12-14,18H,3-6,9-11H2,1H3,(H2,25,26,27). The second-order valence-electron chi connectivity index (χ2n) is 7.54. The Morgan fingerprint density at radius 2 is 2.00 bits per heavy atom. The van der Waals surface area contributed by atoms with Crippen LogP contribution >= 0.6 is 11.6 Å². The monoisotopic (exact) mass is 380 g/mol. The first kappa shape index (κ1) is 18.1. The third kappa shape index (κ3) is 3.26. The van der Waals surface area contributed by atoms with Crippen molar-refractivity contribution in [1.29, 1.82) is 0 Å². The van der Waals surface area contributed by atoms with Gasteiger partial charge in [0.1, 0.15) is 0 Å². The van der Waals surface area contributed by atoms with E-state index in [1.165, 1.54) is 37.8 Å². The van der Waals surface area contributed by atoms with E-state index in [9.17, 15) is 0 Å². The number of hydrogen-bond donors (Lipinski definition) is 2. The third-order valence-electron chi connectivity index (χ3n) is 5.82. The van der Waals surface area contributed by atoms with Gasteiger partial charge in [0.15, 0.2) is 11.5 Å². The van der Waals surface area contributed by atoms with Gasteiger partial charge in [-0.15, -0.1) is 0 Å². The van der Waals surface area contributed by atoms with E-state index in [4.69, 9.17) is 18.2 Å². The van der Waals surface area contributed by atoms with Crippen molar-refractivity contribution in [3.63, 3.8) is 0 Å². The number of H-pyrrole nitrogens is 1. The summed E-state index contributed by atoms with van der Waals surface area (Å²) in [4.78, 5) is 3.98. The van der Waals surface area contributed by atoms with E-state index in [0.717, 1.165) is 41.2 Å². The Balaban J connectivity index is 1.89. The summed E-state index contributed by atoms with van der Waals surface area (Å²) in [6.45, 7) is 10.1. The minimum Gasteiger partial charge on any atom is -0.352 e. The zero-order chi connectivity index (χ0) is 18.8. The fourth-order valence-corrected chi connectivity index (χ4v) is 4.80. The fourth-order valence-electron chi connectivity index (χ4n) is 4.56. The van der Waals surface area contributed by atoms with Crippen LogP contribution in [0, 0.1) is 6.57 Å². The van der Waals surface area contributed by atoms with Crippen LogP contribution < -0.4 is 5.32 Å². The summed E-state index contributed by atoms with van der Waals surface area (Å²) in [5.74, 6) is 1.21. The van der Waals surface area contributed by atoms with E-state index in [-0.39, 0.29) is 5.92 Å². The predicted octanol–water partition coefficient (Wildman–Crippen LogP) is 6.60. The number of allylic oxidation sites excluding steroid dienone is 2. The molecule has 0 spiro atoms. The summed E-state index contributed by atoms with van der Waals surface area (Å²) in [6, 6.07) is 7.91. The molecule has 2 aromatic rings. The number of aromatic amines is 1. The van der Waals surface area contributed by atoms with Crippen molar-refractivity contribution in [2.45, 2.75) is 63.7 Å². The predicted molar refractivity (Wildman–Crippen MR) is 110 cm³/mol. The second-order valence-corrected chi connectivity index (χ2v) is 7.95. The molecule has 1 aromatic heterocycles. The van der Waals surface area contributed by atoms with Crippen molar-refractivity contribution in [3.05, 3.63) is 68.9 Å². The van der Waals surface area contributed by atoms with Crippen LogP contribution in [0.5, 0.6) is 0 Å². The molecule has 5 heteroatoms.